The van der Waals surface area contributed by atoms with Gasteiger partial charge in [-0.1, -0.05) is 48.5 Å². The van der Waals surface area contributed by atoms with Crippen molar-refractivity contribution in [1.29, 1.82) is 0 Å². The van der Waals surface area contributed by atoms with E-state index in [0.717, 1.165) is 24.0 Å². The Hall–Kier alpha value is -2.09. The van der Waals surface area contributed by atoms with Crippen LogP contribution in [0.25, 0.3) is 0 Å². The Balaban J connectivity index is 1.94. The summed E-state index contributed by atoms with van der Waals surface area (Å²) in [5, 5.41) is 3.22. The fraction of sp³-hybridized carbons (Fsp3) is 0.316. The molecular formula is C19H21NO. The van der Waals surface area contributed by atoms with Crippen LogP contribution >= 0.6 is 0 Å². The molecule has 1 saturated carbocycles. The van der Waals surface area contributed by atoms with Crippen molar-refractivity contribution in [2.45, 2.75) is 32.7 Å². The van der Waals surface area contributed by atoms with Gasteiger partial charge in [0, 0.05) is 5.92 Å². The van der Waals surface area contributed by atoms with Crippen LogP contribution in [0.3, 0.4) is 0 Å². The highest BCUT2D eigenvalue weighted by Gasteiger charge is 2.31. The van der Waals surface area contributed by atoms with Gasteiger partial charge in [-0.25, -0.2) is 0 Å². The van der Waals surface area contributed by atoms with Crippen molar-refractivity contribution in [2.24, 2.45) is 5.92 Å². The maximum atomic E-state index is 12.2. The Labute approximate surface area is 126 Å². The lowest BCUT2D eigenvalue weighted by molar-refractivity contribution is -0.122. The maximum Gasteiger partial charge on any atom is 0.223 e. The molecule has 1 aliphatic rings. The zero-order chi connectivity index (χ0) is 14.8. The second-order valence-electron chi connectivity index (χ2n) is 5.97. The van der Waals surface area contributed by atoms with E-state index in [0.29, 0.717) is 0 Å². The van der Waals surface area contributed by atoms with Crippen LogP contribution in [0.2, 0.25) is 0 Å². The van der Waals surface area contributed by atoms with Crippen molar-refractivity contribution in [1.82, 2.24) is 5.32 Å². The Kier molecular flexibility index (Phi) is 3.78. The minimum atomic E-state index is -0.0569. The number of hydrogen-bond donors (Lipinski definition) is 1. The molecule has 1 atom stereocenters. The number of nitrogens with one attached hydrogen (secondary N) is 1. The third-order valence-corrected chi connectivity index (χ3v) is 4.23. The number of carbonyl (C=O) groups excluding carboxylic acids is 1. The number of amides is 1. The van der Waals surface area contributed by atoms with Gasteiger partial charge < -0.3 is 5.32 Å². The largest absolute Gasteiger partial charge is 0.345 e. The van der Waals surface area contributed by atoms with Crippen LogP contribution in [-0.4, -0.2) is 5.91 Å². The summed E-state index contributed by atoms with van der Waals surface area (Å²) in [6, 6.07) is 16.6. The van der Waals surface area contributed by atoms with Crippen LogP contribution in [0.5, 0.6) is 0 Å². The van der Waals surface area contributed by atoms with Crippen LogP contribution in [0.1, 0.15) is 41.1 Å². The lowest BCUT2D eigenvalue weighted by Gasteiger charge is -2.21. The number of carbonyl (C=O) groups is 1. The van der Waals surface area contributed by atoms with Gasteiger partial charge in [0.15, 0.2) is 0 Å². The molecule has 1 amide bonds. The second-order valence-corrected chi connectivity index (χ2v) is 5.97. The molecule has 3 rings (SSSR count). The molecule has 2 aromatic carbocycles. The fourth-order valence-corrected chi connectivity index (χ4v) is 2.55. The van der Waals surface area contributed by atoms with E-state index in [1.807, 2.05) is 18.2 Å². The summed E-state index contributed by atoms with van der Waals surface area (Å²) >= 11 is 0. The van der Waals surface area contributed by atoms with Gasteiger partial charge in [-0.05, 0) is 48.9 Å². The predicted molar refractivity (Wildman–Crippen MR) is 85.1 cm³/mol. The van der Waals surface area contributed by atoms with Crippen molar-refractivity contribution in [3.05, 3.63) is 70.8 Å². The van der Waals surface area contributed by atoms with Crippen molar-refractivity contribution < 1.29 is 4.79 Å². The average Bonchev–Trinajstić information content (AvgIpc) is 3.33. The Bertz CT molecular complexity index is 644. The lowest BCUT2D eigenvalue weighted by atomic mass is 9.95. The highest BCUT2D eigenvalue weighted by atomic mass is 16.2. The van der Waals surface area contributed by atoms with Gasteiger partial charge >= 0.3 is 0 Å². The van der Waals surface area contributed by atoms with E-state index < -0.39 is 0 Å². The quantitative estimate of drug-likeness (QED) is 0.903. The summed E-state index contributed by atoms with van der Waals surface area (Å²) < 4.78 is 0. The molecule has 2 nitrogen and oxygen atoms in total. The van der Waals surface area contributed by atoms with Crippen molar-refractivity contribution >= 4 is 5.91 Å². The molecule has 0 aromatic heterocycles. The molecule has 1 N–H and O–H groups in total. The zero-order valence-corrected chi connectivity index (χ0v) is 12.6. The summed E-state index contributed by atoms with van der Waals surface area (Å²) in [5.74, 6) is 0.407. The van der Waals surface area contributed by atoms with E-state index in [1.165, 1.54) is 11.1 Å². The minimum absolute atomic E-state index is 0.0569. The zero-order valence-electron chi connectivity index (χ0n) is 12.6. The minimum Gasteiger partial charge on any atom is -0.345 e. The normalized spacial score (nSPS) is 15.5. The van der Waals surface area contributed by atoms with Gasteiger partial charge in [0.25, 0.3) is 0 Å². The highest BCUT2D eigenvalue weighted by molar-refractivity contribution is 5.81. The first-order chi connectivity index (χ1) is 10.1. The van der Waals surface area contributed by atoms with Crippen LogP contribution in [0.15, 0.2) is 48.5 Å². The number of benzene rings is 2. The van der Waals surface area contributed by atoms with Gasteiger partial charge in [-0.15, -0.1) is 0 Å². The summed E-state index contributed by atoms with van der Waals surface area (Å²) in [6.07, 6.45) is 2.06. The van der Waals surface area contributed by atoms with E-state index in [1.54, 1.807) is 0 Å². The number of hydrogen-bond acceptors (Lipinski definition) is 1. The topological polar surface area (TPSA) is 29.1 Å². The highest BCUT2D eigenvalue weighted by Crippen LogP contribution is 2.31. The van der Waals surface area contributed by atoms with E-state index in [9.17, 15) is 4.79 Å². The predicted octanol–water partition coefficient (Wildman–Crippen LogP) is 3.92. The summed E-state index contributed by atoms with van der Waals surface area (Å²) in [5.41, 5.74) is 4.82. The van der Waals surface area contributed by atoms with Gasteiger partial charge in [-0.2, -0.15) is 0 Å². The summed E-state index contributed by atoms with van der Waals surface area (Å²) in [6.45, 7) is 4.23. The Morgan fingerprint density at radius 2 is 1.71 bits per heavy atom. The average molecular weight is 279 g/mol. The van der Waals surface area contributed by atoms with E-state index in [2.05, 4.69) is 49.5 Å². The maximum absolute atomic E-state index is 12.2. The summed E-state index contributed by atoms with van der Waals surface area (Å²) in [7, 11) is 0. The first-order valence-electron chi connectivity index (χ1n) is 7.57. The number of aryl methyl sites for hydroxylation is 2. The molecule has 2 aromatic rings. The van der Waals surface area contributed by atoms with E-state index in [4.69, 9.17) is 0 Å². The summed E-state index contributed by atoms with van der Waals surface area (Å²) in [4.78, 5) is 12.2. The smallest absolute Gasteiger partial charge is 0.223 e. The van der Waals surface area contributed by atoms with E-state index >= 15 is 0 Å². The Morgan fingerprint density at radius 1 is 1.00 bits per heavy atom. The van der Waals surface area contributed by atoms with Crippen LogP contribution in [-0.2, 0) is 4.79 Å². The third-order valence-electron chi connectivity index (χ3n) is 4.23. The fourth-order valence-electron chi connectivity index (χ4n) is 2.55. The van der Waals surface area contributed by atoms with Crippen molar-refractivity contribution in [2.75, 3.05) is 0 Å². The molecule has 0 bridgehead atoms. The van der Waals surface area contributed by atoms with E-state index in [-0.39, 0.29) is 17.9 Å². The van der Waals surface area contributed by atoms with Gasteiger partial charge in [0.1, 0.15) is 0 Å². The molecule has 21 heavy (non-hydrogen) atoms. The van der Waals surface area contributed by atoms with Gasteiger partial charge in [0.05, 0.1) is 6.04 Å². The first kappa shape index (κ1) is 13.9. The van der Waals surface area contributed by atoms with Crippen molar-refractivity contribution in [3.8, 4) is 0 Å². The standard InChI is InChI=1S/C19H21NO/c1-13-8-9-17(12-14(13)2)18(15-6-4-3-5-7-15)20-19(21)16-10-11-16/h3-9,12,16,18H,10-11H2,1-2H3,(H,20,21). The molecule has 1 aliphatic carbocycles. The molecule has 108 valence electrons. The second kappa shape index (κ2) is 5.72. The lowest BCUT2D eigenvalue weighted by Crippen LogP contribution is -2.30. The molecular weight excluding hydrogens is 258 g/mol. The third kappa shape index (κ3) is 3.15. The molecule has 0 saturated heterocycles. The molecule has 2 heteroatoms. The molecule has 1 unspecified atom stereocenters. The molecule has 0 aliphatic heterocycles. The molecule has 0 radical (unpaired) electrons. The molecule has 0 heterocycles. The molecule has 0 spiro atoms. The van der Waals surface area contributed by atoms with Crippen LogP contribution in [0.4, 0.5) is 0 Å². The van der Waals surface area contributed by atoms with Gasteiger partial charge in [-0.3, -0.25) is 4.79 Å². The number of rotatable bonds is 4. The monoisotopic (exact) mass is 279 g/mol. The van der Waals surface area contributed by atoms with Gasteiger partial charge in [0.2, 0.25) is 5.91 Å². The van der Waals surface area contributed by atoms with Crippen LogP contribution < -0.4 is 5.32 Å². The van der Waals surface area contributed by atoms with Crippen molar-refractivity contribution in [3.63, 3.8) is 0 Å². The van der Waals surface area contributed by atoms with Crippen LogP contribution in [0, 0.1) is 19.8 Å². The first-order valence-corrected chi connectivity index (χ1v) is 7.57. The Morgan fingerprint density at radius 3 is 2.33 bits per heavy atom. The SMILES string of the molecule is Cc1ccc(C(NC(=O)C2CC2)c2ccccc2)cc1C. The molecule has 1 fully saturated rings.